The van der Waals surface area contributed by atoms with Gasteiger partial charge in [-0.15, -0.1) is 0 Å². The van der Waals surface area contributed by atoms with Crippen LogP contribution in [-0.2, 0) is 4.79 Å². The first-order valence-corrected chi connectivity index (χ1v) is 8.29. The van der Waals surface area contributed by atoms with Crippen molar-refractivity contribution in [1.29, 1.82) is 0 Å². The van der Waals surface area contributed by atoms with Gasteiger partial charge in [0, 0.05) is 11.7 Å². The average molecular weight is 310 g/mol. The summed E-state index contributed by atoms with van der Waals surface area (Å²) in [6, 6.07) is 18.1. The normalized spacial score (nSPS) is 13.3. The van der Waals surface area contributed by atoms with Crippen LogP contribution in [0.25, 0.3) is 0 Å². The number of anilines is 1. The molecule has 2 N–H and O–H groups in total. The molecule has 0 aromatic heterocycles. The van der Waals surface area contributed by atoms with Crippen molar-refractivity contribution in [2.45, 2.75) is 45.7 Å². The van der Waals surface area contributed by atoms with Crippen LogP contribution < -0.4 is 10.6 Å². The molecule has 0 bridgehead atoms. The first-order valence-electron chi connectivity index (χ1n) is 8.29. The third-order valence-corrected chi connectivity index (χ3v) is 4.03. The highest BCUT2D eigenvalue weighted by Gasteiger charge is 2.19. The van der Waals surface area contributed by atoms with Crippen molar-refractivity contribution >= 4 is 11.6 Å². The minimum absolute atomic E-state index is 0.00339. The predicted molar refractivity (Wildman–Crippen MR) is 96.5 cm³/mol. The lowest BCUT2D eigenvalue weighted by atomic mass is 10.0. The molecule has 23 heavy (non-hydrogen) atoms. The topological polar surface area (TPSA) is 41.1 Å². The van der Waals surface area contributed by atoms with Gasteiger partial charge in [-0.3, -0.25) is 10.1 Å². The van der Waals surface area contributed by atoms with Crippen LogP contribution >= 0.6 is 0 Å². The summed E-state index contributed by atoms with van der Waals surface area (Å²) in [5, 5.41) is 6.47. The molecule has 0 spiro atoms. The molecular weight excluding hydrogens is 284 g/mol. The van der Waals surface area contributed by atoms with Crippen LogP contribution in [0.5, 0.6) is 0 Å². The monoisotopic (exact) mass is 310 g/mol. The number of aryl methyl sites for hydroxylation is 1. The van der Waals surface area contributed by atoms with Crippen LogP contribution in [0.4, 0.5) is 5.69 Å². The zero-order chi connectivity index (χ0) is 16.7. The summed E-state index contributed by atoms with van der Waals surface area (Å²) in [4.78, 5) is 12.5. The Labute approximate surface area is 139 Å². The van der Waals surface area contributed by atoms with Gasteiger partial charge in [-0.2, -0.15) is 0 Å². The van der Waals surface area contributed by atoms with E-state index < -0.39 is 0 Å². The van der Waals surface area contributed by atoms with E-state index in [-0.39, 0.29) is 18.0 Å². The van der Waals surface area contributed by atoms with Crippen molar-refractivity contribution in [2.24, 2.45) is 0 Å². The molecule has 3 heteroatoms. The van der Waals surface area contributed by atoms with Gasteiger partial charge in [0.15, 0.2) is 0 Å². The third-order valence-electron chi connectivity index (χ3n) is 4.03. The van der Waals surface area contributed by atoms with Gasteiger partial charge in [0.25, 0.3) is 0 Å². The first kappa shape index (κ1) is 17.2. The fourth-order valence-corrected chi connectivity index (χ4v) is 2.65. The van der Waals surface area contributed by atoms with Crippen LogP contribution in [0.15, 0.2) is 54.6 Å². The number of carbonyl (C=O) groups excluding carboxylic acids is 1. The lowest BCUT2D eigenvalue weighted by Gasteiger charge is -2.23. The minimum Gasteiger partial charge on any atom is -0.324 e. The number of carbonyl (C=O) groups is 1. The number of amides is 1. The molecule has 2 aromatic rings. The van der Waals surface area contributed by atoms with Gasteiger partial charge in [0.05, 0.1) is 6.04 Å². The van der Waals surface area contributed by atoms with Crippen LogP contribution in [-0.4, -0.2) is 11.9 Å². The molecule has 2 atom stereocenters. The second kappa shape index (κ2) is 8.49. The fraction of sp³-hybridized carbons (Fsp3) is 0.350. The molecule has 0 aliphatic heterocycles. The zero-order valence-corrected chi connectivity index (χ0v) is 14.2. The Bertz CT molecular complexity index is 625. The summed E-state index contributed by atoms with van der Waals surface area (Å²) in [6.07, 6.45) is 2.07. The fourth-order valence-electron chi connectivity index (χ4n) is 2.65. The molecular formula is C20H26N2O. The van der Waals surface area contributed by atoms with E-state index in [0.717, 1.165) is 24.1 Å². The molecule has 0 heterocycles. The predicted octanol–water partition coefficient (Wildman–Crippen LogP) is 4.45. The maximum Gasteiger partial charge on any atom is 0.241 e. The Kier molecular flexibility index (Phi) is 6.36. The van der Waals surface area contributed by atoms with Gasteiger partial charge in [0.2, 0.25) is 5.91 Å². The van der Waals surface area contributed by atoms with Gasteiger partial charge >= 0.3 is 0 Å². The van der Waals surface area contributed by atoms with E-state index in [4.69, 9.17) is 0 Å². The third kappa shape index (κ3) is 4.93. The quantitative estimate of drug-likeness (QED) is 0.793. The van der Waals surface area contributed by atoms with E-state index in [2.05, 4.69) is 29.7 Å². The molecule has 3 nitrogen and oxygen atoms in total. The van der Waals surface area contributed by atoms with Gasteiger partial charge in [-0.1, -0.05) is 61.9 Å². The number of para-hydroxylation sites is 1. The summed E-state index contributed by atoms with van der Waals surface area (Å²) in [7, 11) is 0. The van der Waals surface area contributed by atoms with Crippen molar-refractivity contribution in [3.05, 3.63) is 65.7 Å². The first-order chi connectivity index (χ1) is 11.1. The van der Waals surface area contributed by atoms with Gasteiger partial charge < -0.3 is 5.32 Å². The summed E-state index contributed by atoms with van der Waals surface area (Å²) < 4.78 is 0. The largest absolute Gasteiger partial charge is 0.324 e. The molecule has 2 unspecified atom stereocenters. The number of hydrogen-bond donors (Lipinski definition) is 2. The molecule has 2 rings (SSSR count). The van der Waals surface area contributed by atoms with Crippen LogP contribution in [0.1, 0.15) is 43.9 Å². The van der Waals surface area contributed by atoms with Crippen molar-refractivity contribution in [3.63, 3.8) is 0 Å². The number of nitrogens with one attached hydrogen (secondary N) is 2. The molecule has 0 saturated heterocycles. The van der Waals surface area contributed by atoms with Crippen LogP contribution in [0, 0.1) is 6.92 Å². The molecule has 2 aromatic carbocycles. The van der Waals surface area contributed by atoms with E-state index in [0.29, 0.717) is 0 Å². The van der Waals surface area contributed by atoms with Crippen molar-refractivity contribution < 1.29 is 4.79 Å². The maximum absolute atomic E-state index is 12.5. The van der Waals surface area contributed by atoms with E-state index in [1.54, 1.807) is 0 Å². The van der Waals surface area contributed by atoms with E-state index in [9.17, 15) is 4.79 Å². The molecule has 0 aliphatic rings. The van der Waals surface area contributed by atoms with Crippen LogP contribution in [0.2, 0.25) is 0 Å². The Hall–Kier alpha value is -2.13. The standard InChI is InChI=1S/C20H26N2O/c1-4-10-19(17-12-6-5-7-13-17)21-16(3)20(23)22-18-14-9-8-11-15(18)2/h5-9,11-14,16,19,21H,4,10H2,1-3H3,(H,22,23). The van der Waals surface area contributed by atoms with Gasteiger partial charge in [-0.05, 0) is 37.5 Å². The molecule has 0 fully saturated rings. The number of rotatable bonds is 7. The lowest BCUT2D eigenvalue weighted by Crippen LogP contribution is -2.40. The molecule has 122 valence electrons. The summed E-state index contributed by atoms with van der Waals surface area (Å²) in [6.45, 7) is 6.08. The highest BCUT2D eigenvalue weighted by atomic mass is 16.2. The molecule has 0 saturated carbocycles. The van der Waals surface area contributed by atoms with Crippen molar-refractivity contribution in [2.75, 3.05) is 5.32 Å². The van der Waals surface area contributed by atoms with E-state index in [1.807, 2.05) is 56.3 Å². The van der Waals surface area contributed by atoms with Crippen molar-refractivity contribution in [3.8, 4) is 0 Å². The lowest BCUT2D eigenvalue weighted by molar-refractivity contribution is -0.118. The van der Waals surface area contributed by atoms with Gasteiger partial charge in [0.1, 0.15) is 0 Å². The molecule has 0 radical (unpaired) electrons. The highest BCUT2D eigenvalue weighted by Crippen LogP contribution is 2.19. The Morgan fingerprint density at radius 1 is 1.04 bits per heavy atom. The molecule has 0 aliphatic carbocycles. The Morgan fingerprint density at radius 2 is 1.70 bits per heavy atom. The highest BCUT2D eigenvalue weighted by molar-refractivity contribution is 5.95. The summed E-state index contributed by atoms with van der Waals surface area (Å²) in [5.41, 5.74) is 3.17. The number of hydrogen-bond acceptors (Lipinski definition) is 2. The zero-order valence-electron chi connectivity index (χ0n) is 14.2. The van der Waals surface area contributed by atoms with E-state index >= 15 is 0 Å². The van der Waals surface area contributed by atoms with Crippen molar-refractivity contribution in [1.82, 2.24) is 5.32 Å². The van der Waals surface area contributed by atoms with Gasteiger partial charge in [-0.25, -0.2) is 0 Å². The Morgan fingerprint density at radius 3 is 2.35 bits per heavy atom. The van der Waals surface area contributed by atoms with E-state index in [1.165, 1.54) is 5.56 Å². The Balaban J connectivity index is 2.02. The maximum atomic E-state index is 12.5. The second-order valence-corrected chi connectivity index (χ2v) is 5.94. The minimum atomic E-state index is -0.258. The SMILES string of the molecule is CCCC(NC(C)C(=O)Nc1ccccc1C)c1ccccc1. The second-order valence-electron chi connectivity index (χ2n) is 5.94. The molecule has 1 amide bonds. The van der Waals surface area contributed by atoms with Crippen LogP contribution in [0.3, 0.4) is 0 Å². The summed E-state index contributed by atoms with van der Waals surface area (Å²) >= 11 is 0. The smallest absolute Gasteiger partial charge is 0.241 e. The number of benzene rings is 2. The summed E-state index contributed by atoms with van der Waals surface area (Å²) in [5.74, 6) is -0.00339. The average Bonchev–Trinajstić information content (AvgIpc) is 2.57.